The first kappa shape index (κ1) is 10.9. The van der Waals surface area contributed by atoms with Gasteiger partial charge in [0.1, 0.15) is 0 Å². The second-order valence-corrected chi connectivity index (χ2v) is 4.48. The molecule has 1 amide bonds. The molecular weight excluding hydrogens is 192 g/mol. The zero-order valence-electron chi connectivity index (χ0n) is 9.15. The molecule has 0 aromatic carbocycles. The summed E-state index contributed by atoms with van der Waals surface area (Å²) in [6, 6.07) is 0.270. The van der Waals surface area contributed by atoms with Crippen LogP contribution in [0, 0.1) is 5.92 Å². The minimum Gasteiger partial charge on any atom is -0.381 e. The Morgan fingerprint density at radius 1 is 1.40 bits per heavy atom. The Hall–Kier alpha value is -0.610. The van der Waals surface area contributed by atoms with Gasteiger partial charge in [0.05, 0.1) is 12.5 Å². The van der Waals surface area contributed by atoms with Gasteiger partial charge in [-0.05, 0) is 25.7 Å². The molecule has 4 heteroatoms. The molecule has 0 aliphatic carbocycles. The summed E-state index contributed by atoms with van der Waals surface area (Å²) in [6.07, 6.45) is 4.27. The van der Waals surface area contributed by atoms with Gasteiger partial charge in [0.2, 0.25) is 5.91 Å². The Bertz CT molecular complexity index is 227. The van der Waals surface area contributed by atoms with E-state index >= 15 is 0 Å². The molecule has 2 atom stereocenters. The fourth-order valence-electron chi connectivity index (χ4n) is 2.50. The third kappa shape index (κ3) is 2.32. The molecule has 2 saturated heterocycles. The highest BCUT2D eigenvalue weighted by Crippen LogP contribution is 2.22. The third-order valence-corrected chi connectivity index (χ3v) is 3.46. The lowest BCUT2D eigenvalue weighted by molar-refractivity contribution is -0.139. The fraction of sp³-hybridized carbons (Fsp3) is 0.909. The number of nitrogens with two attached hydrogens (primary N) is 1. The topological polar surface area (TPSA) is 55.6 Å². The van der Waals surface area contributed by atoms with E-state index in [-0.39, 0.29) is 17.9 Å². The highest BCUT2D eigenvalue weighted by atomic mass is 16.5. The summed E-state index contributed by atoms with van der Waals surface area (Å²) < 4.78 is 5.26. The van der Waals surface area contributed by atoms with Crippen molar-refractivity contribution in [1.29, 1.82) is 0 Å². The van der Waals surface area contributed by atoms with Crippen molar-refractivity contribution in [3.63, 3.8) is 0 Å². The number of likely N-dealkylation sites (tertiary alicyclic amines) is 1. The molecule has 2 unspecified atom stereocenters. The standard InChI is InChI=1S/C11H20N2O2/c12-7-10-3-1-2-5-13(10)11(14)9-4-6-15-8-9/h9-10H,1-8,12H2. The van der Waals surface area contributed by atoms with Crippen molar-refractivity contribution in [3.8, 4) is 0 Å². The molecule has 4 nitrogen and oxygen atoms in total. The zero-order chi connectivity index (χ0) is 10.7. The SMILES string of the molecule is NCC1CCCCN1C(=O)C1CCOC1. The summed E-state index contributed by atoms with van der Waals surface area (Å²) in [5, 5.41) is 0. The molecule has 0 saturated carbocycles. The molecule has 0 aromatic heterocycles. The molecule has 0 bridgehead atoms. The van der Waals surface area contributed by atoms with Crippen LogP contribution in [0.4, 0.5) is 0 Å². The van der Waals surface area contributed by atoms with E-state index in [4.69, 9.17) is 10.5 Å². The summed E-state index contributed by atoms with van der Waals surface area (Å²) in [5.74, 6) is 0.361. The largest absolute Gasteiger partial charge is 0.381 e. The van der Waals surface area contributed by atoms with Gasteiger partial charge >= 0.3 is 0 Å². The maximum atomic E-state index is 12.2. The molecule has 15 heavy (non-hydrogen) atoms. The number of amides is 1. The highest BCUT2D eigenvalue weighted by molar-refractivity contribution is 5.79. The molecule has 86 valence electrons. The summed E-state index contributed by atoms with van der Waals surface area (Å²) in [7, 11) is 0. The van der Waals surface area contributed by atoms with Crippen LogP contribution in [0.25, 0.3) is 0 Å². The number of hydrogen-bond acceptors (Lipinski definition) is 3. The van der Waals surface area contributed by atoms with Crippen LogP contribution < -0.4 is 5.73 Å². The number of carbonyl (C=O) groups excluding carboxylic acids is 1. The summed E-state index contributed by atoms with van der Waals surface area (Å²) in [5.41, 5.74) is 5.70. The van der Waals surface area contributed by atoms with E-state index in [0.717, 1.165) is 32.4 Å². The zero-order valence-corrected chi connectivity index (χ0v) is 9.15. The van der Waals surface area contributed by atoms with Gasteiger partial charge in [-0.1, -0.05) is 0 Å². The van der Waals surface area contributed by atoms with Crippen LogP contribution in [-0.2, 0) is 9.53 Å². The van der Waals surface area contributed by atoms with Gasteiger partial charge < -0.3 is 15.4 Å². The third-order valence-electron chi connectivity index (χ3n) is 3.46. The van der Waals surface area contributed by atoms with Crippen molar-refractivity contribution in [2.45, 2.75) is 31.7 Å². The van der Waals surface area contributed by atoms with Crippen LogP contribution in [0.1, 0.15) is 25.7 Å². The highest BCUT2D eigenvalue weighted by Gasteiger charge is 2.32. The van der Waals surface area contributed by atoms with E-state index in [1.54, 1.807) is 0 Å². The van der Waals surface area contributed by atoms with Gasteiger partial charge in [0.15, 0.2) is 0 Å². The lowest BCUT2D eigenvalue weighted by Crippen LogP contribution is -2.49. The van der Waals surface area contributed by atoms with Gasteiger partial charge in [0.25, 0.3) is 0 Å². The van der Waals surface area contributed by atoms with E-state index in [2.05, 4.69) is 0 Å². The molecule has 2 rings (SSSR count). The molecule has 0 spiro atoms. The number of hydrogen-bond donors (Lipinski definition) is 1. The lowest BCUT2D eigenvalue weighted by atomic mass is 9.99. The van der Waals surface area contributed by atoms with E-state index < -0.39 is 0 Å². The summed E-state index contributed by atoms with van der Waals surface area (Å²) >= 11 is 0. The van der Waals surface area contributed by atoms with Crippen LogP contribution in [-0.4, -0.2) is 43.2 Å². The van der Waals surface area contributed by atoms with Crippen molar-refractivity contribution in [1.82, 2.24) is 4.90 Å². The molecule has 0 radical (unpaired) electrons. The van der Waals surface area contributed by atoms with Gasteiger partial charge in [-0.3, -0.25) is 4.79 Å². The number of rotatable bonds is 2. The molecule has 2 heterocycles. The predicted octanol–water partition coefficient (Wildman–Crippen LogP) is 0.363. The molecule has 2 aliphatic rings. The number of ether oxygens (including phenoxy) is 1. The Labute approximate surface area is 90.8 Å². The van der Waals surface area contributed by atoms with E-state index in [9.17, 15) is 4.79 Å². The van der Waals surface area contributed by atoms with Crippen LogP contribution in [0.2, 0.25) is 0 Å². The number of carbonyl (C=O) groups is 1. The molecule has 2 aliphatic heterocycles. The Morgan fingerprint density at radius 2 is 2.27 bits per heavy atom. The monoisotopic (exact) mass is 212 g/mol. The number of piperidine rings is 1. The average Bonchev–Trinajstić information content (AvgIpc) is 2.81. The van der Waals surface area contributed by atoms with Gasteiger partial charge in [-0.2, -0.15) is 0 Å². The number of nitrogens with zero attached hydrogens (tertiary/aromatic N) is 1. The molecule has 2 N–H and O–H groups in total. The Morgan fingerprint density at radius 3 is 2.93 bits per heavy atom. The molecule has 2 fully saturated rings. The predicted molar refractivity (Wildman–Crippen MR) is 57.3 cm³/mol. The minimum absolute atomic E-state index is 0.0946. The van der Waals surface area contributed by atoms with Gasteiger partial charge in [-0.15, -0.1) is 0 Å². The normalized spacial score (nSPS) is 31.9. The minimum atomic E-state index is 0.0946. The van der Waals surface area contributed by atoms with Crippen molar-refractivity contribution in [3.05, 3.63) is 0 Å². The van der Waals surface area contributed by atoms with Crippen LogP contribution in [0.3, 0.4) is 0 Å². The van der Waals surface area contributed by atoms with Gasteiger partial charge in [0, 0.05) is 25.7 Å². The summed E-state index contributed by atoms with van der Waals surface area (Å²) in [6.45, 7) is 2.82. The fourth-order valence-corrected chi connectivity index (χ4v) is 2.50. The first-order valence-corrected chi connectivity index (χ1v) is 5.91. The molecule has 0 aromatic rings. The Balaban J connectivity index is 1.96. The van der Waals surface area contributed by atoms with Crippen LogP contribution in [0.5, 0.6) is 0 Å². The molecular formula is C11H20N2O2. The van der Waals surface area contributed by atoms with Crippen molar-refractivity contribution in [2.24, 2.45) is 11.7 Å². The first-order chi connectivity index (χ1) is 7.33. The Kier molecular flexibility index (Phi) is 3.59. The lowest BCUT2D eigenvalue weighted by Gasteiger charge is -2.36. The van der Waals surface area contributed by atoms with Crippen molar-refractivity contribution in [2.75, 3.05) is 26.3 Å². The quantitative estimate of drug-likeness (QED) is 0.719. The smallest absolute Gasteiger partial charge is 0.228 e. The maximum Gasteiger partial charge on any atom is 0.228 e. The maximum absolute atomic E-state index is 12.2. The second kappa shape index (κ2) is 4.94. The van der Waals surface area contributed by atoms with Crippen molar-refractivity contribution >= 4 is 5.91 Å². The summed E-state index contributed by atoms with van der Waals surface area (Å²) in [4.78, 5) is 14.1. The van der Waals surface area contributed by atoms with Crippen molar-refractivity contribution < 1.29 is 9.53 Å². The second-order valence-electron chi connectivity index (χ2n) is 4.48. The van der Waals surface area contributed by atoms with E-state index in [1.165, 1.54) is 6.42 Å². The van der Waals surface area contributed by atoms with Crippen LogP contribution >= 0.6 is 0 Å². The van der Waals surface area contributed by atoms with Gasteiger partial charge in [-0.25, -0.2) is 0 Å². The van der Waals surface area contributed by atoms with E-state index in [0.29, 0.717) is 13.2 Å². The van der Waals surface area contributed by atoms with E-state index in [1.807, 2.05) is 4.90 Å². The first-order valence-electron chi connectivity index (χ1n) is 5.91. The van der Waals surface area contributed by atoms with Crippen LogP contribution in [0.15, 0.2) is 0 Å². The average molecular weight is 212 g/mol.